The summed E-state index contributed by atoms with van der Waals surface area (Å²) < 4.78 is 0. The van der Waals surface area contributed by atoms with Gasteiger partial charge in [0.1, 0.15) is 11.7 Å². The average molecular weight is 187 g/mol. The van der Waals surface area contributed by atoms with Gasteiger partial charge in [0.25, 0.3) is 0 Å². The summed E-state index contributed by atoms with van der Waals surface area (Å²) in [4.78, 5) is 7.04. The van der Waals surface area contributed by atoms with Crippen LogP contribution >= 0.6 is 0 Å². The van der Waals surface area contributed by atoms with Crippen LogP contribution in [0, 0.1) is 18.3 Å². The highest BCUT2D eigenvalue weighted by Gasteiger charge is 2.10. The first-order valence-corrected chi connectivity index (χ1v) is 4.24. The third kappa shape index (κ3) is 1.07. The number of aliphatic hydroxyl groups excluding tert-OH is 1. The van der Waals surface area contributed by atoms with Crippen LogP contribution in [0.15, 0.2) is 12.4 Å². The lowest BCUT2D eigenvalue weighted by Gasteiger charge is -2.02. The number of aromatic amines is 1. The molecule has 4 nitrogen and oxygen atoms in total. The highest BCUT2D eigenvalue weighted by atomic mass is 16.3. The van der Waals surface area contributed by atoms with Gasteiger partial charge in [-0.1, -0.05) is 0 Å². The molecule has 0 aliphatic carbocycles. The SMILES string of the molecule is Cc1cnc2[nH]cc(C#N)c2c1CO. The Kier molecular flexibility index (Phi) is 1.95. The molecule has 0 aromatic carbocycles. The van der Waals surface area contributed by atoms with Gasteiger partial charge in [-0.15, -0.1) is 0 Å². The van der Waals surface area contributed by atoms with Crippen LogP contribution in [0.5, 0.6) is 0 Å². The number of fused-ring (bicyclic) bond motifs is 1. The number of hydrogen-bond acceptors (Lipinski definition) is 3. The Morgan fingerprint density at radius 3 is 3.07 bits per heavy atom. The quantitative estimate of drug-likeness (QED) is 0.705. The summed E-state index contributed by atoms with van der Waals surface area (Å²) in [6, 6.07) is 2.07. The molecule has 2 rings (SSSR count). The Morgan fingerprint density at radius 1 is 1.64 bits per heavy atom. The van der Waals surface area contributed by atoms with E-state index in [4.69, 9.17) is 5.26 Å². The number of aromatic nitrogens is 2. The van der Waals surface area contributed by atoms with Gasteiger partial charge in [-0.25, -0.2) is 4.98 Å². The van der Waals surface area contributed by atoms with E-state index in [0.717, 1.165) is 16.5 Å². The fourth-order valence-electron chi connectivity index (χ4n) is 1.55. The number of aryl methyl sites for hydroxylation is 1. The molecule has 4 heteroatoms. The van der Waals surface area contributed by atoms with Crippen molar-refractivity contribution in [2.24, 2.45) is 0 Å². The molecule has 0 amide bonds. The van der Waals surface area contributed by atoms with Gasteiger partial charge >= 0.3 is 0 Å². The van der Waals surface area contributed by atoms with Crippen LogP contribution in [0.25, 0.3) is 11.0 Å². The van der Waals surface area contributed by atoms with Gasteiger partial charge in [0, 0.05) is 17.8 Å². The molecule has 0 fully saturated rings. The van der Waals surface area contributed by atoms with Crippen molar-refractivity contribution in [2.75, 3.05) is 0 Å². The van der Waals surface area contributed by atoms with E-state index < -0.39 is 0 Å². The lowest BCUT2D eigenvalue weighted by atomic mass is 10.1. The van der Waals surface area contributed by atoms with Crippen LogP contribution in [-0.4, -0.2) is 15.1 Å². The molecular weight excluding hydrogens is 178 g/mol. The fraction of sp³-hybridized carbons (Fsp3) is 0.200. The second kappa shape index (κ2) is 3.13. The number of nitriles is 1. The zero-order valence-electron chi connectivity index (χ0n) is 7.70. The molecule has 0 unspecified atom stereocenters. The van der Waals surface area contributed by atoms with Gasteiger partial charge in [-0.3, -0.25) is 0 Å². The van der Waals surface area contributed by atoms with Gasteiger partial charge in [0.2, 0.25) is 0 Å². The standard InChI is InChI=1S/C10H9N3O/c1-6-3-12-10-9(8(6)5-14)7(2-11)4-13-10/h3-4,14H,5H2,1H3,(H,12,13). The van der Waals surface area contributed by atoms with Crippen molar-refractivity contribution in [3.63, 3.8) is 0 Å². The number of hydrogen-bond donors (Lipinski definition) is 2. The van der Waals surface area contributed by atoms with E-state index in [1.54, 1.807) is 12.4 Å². The first-order chi connectivity index (χ1) is 6.77. The van der Waals surface area contributed by atoms with Gasteiger partial charge in [0.15, 0.2) is 0 Å². The molecule has 70 valence electrons. The van der Waals surface area contributed by atoms with Crippen molar-refractivity contribution < 1.29 is 5.11 Å². The molecule has 0 saturated heterocycles. The van der Waals surface area contributed by atoms with Gasteiger partial charge in [-0.05, 0) is 18.1 Å². The van der Waals surface area contributed by atoms with E-state index >= 15 is 0 Å². The summed E-state index contributed by atoms with van der Waals surface area (Å²) in [6.07, 6.45) is 3.29. The third-order valence-electron chi connectivity index (χ3n) is 2.30. The Hall–Kier alpha value is -1.86. The minimum atomic E-state index is -0.0720. The second-order valence-corrected chi connectivity index (χ2v) is 3.12. The van der Waals surface area contributed by atoms with Crippen molar-refractivity contribution in [2.45, 2.75) is 13.5 Å². The van der Waals surface area contributed by atoms with E-state index in [-0.39, 0.29) is 6.61 Å². The fourth-order valence-corrected chi connectivity index (χ4v) is 1.55. The molecule has 0 radical (unpaired) electrons. The number of nitrogens with one attached hydrogen (secondary N) is 1. The Labute approximate surface area is 80.8 Å². The molecule has 2 aromatic rings. The maximum Gasteiger partial charge on any atom is 0.138 e. The molecular formula is C10H9N3O. The third-order valence-corrected chi connectivity index (χ3v) is 2.30. The van der Waals surface area contributed by atoms with E-state index in [9.17, 15) is 5.11 Å². The summed E-state index contributed by atoms with van der Waals surface area (Å²) in [6.45, 7) is 1.80. The Balaban J connectivity index is 2.90. The molecule has 14 heavy (non-hydrogen) atoms. The monoisotopic (exact) mass is 187 g/mol. The highest BCUT2D eigenvalue weighted by molar-refractivity contribution is 5.86. The minimum Gasteiger partial charge on any atom is -0.392 e. The first kappa shape index (κ1) is 8.73. The van der Waals surface area contributed by atoms with Crippen LogP contribution in [0.2, 0.25) is 0 Å². The van der Waals surface area contributed by atoms with Crippen molar-refractivity contribution in [3.8, 4) is 6.07 Å². The van der Waals surface area contributed by atoms with Gasteiger partial charge in [-0.2, -0.15) is 5.26 Å². The van der Waals surface area contributed by atoms with Crippen LogP contribution in [0.4, 0.5) is 0 Å². The highest BCUT2D eigenvalue weighted by Crippen LogP contribution is 2.22. The van der Waals surface area contributed by atoms with Crippen molar-refractivity contribution in [1.82, 2.24) is 9.97 Å². The first-order valence-electron chi connectivity index (χ1n) is 4.24. The van der Waals surface area contributed by atoms with Crippen molar-refractivity contribution in [1.29, 1.82) is 5.26 Å². The number of rotatable bonds is 1. The lowest BCUT2D eigenvalue weighted by molar-refractivity contribution is 0.282. The summed E-state index contributed by atoms with van der Waals surface area (Å²) >= 11 is 0. The molecule has 0 saturated carbocycles. The predicted molar refractivity (Wildman–Crippen MR) is 51.5 cm³/mol. The lowest BCUT2D eigenvalue weighted by Crippen LogP contribution is -1.92. The van der Waals surface area contributed by atoms with Crippen LogP contribution < -0.4 is 0 Å². The molecule has 0 atom stereocenters. The Morgan fingerprint density at radius 2 is 2.43 bits per heavy atom. The average Bonchev–Trinajstić information content (AvgIpc) is 2.61. The normalized spacial score (nSPS) is 10.4. The molecule has 0 aliphatic rings. The molecule has 2 N–H and O–H groups in total. The Bertz CT molecular complexity index is 522. The minimum absolute atomic E-state index is 0.0720. The maximum absolute atomic E-state index is 9.20. The molecule has 2 aromatic heterocycles. The smallest absolute Gasteiger partial charge is 0.138 e. The van der Waals surface area contributed by atoms with E-state index in [0.29, 0.717) is 11.2 Å². The summed E-state index contributed by atoms with van der Waals surface area (Å²) in [5.41, 5.74) is 2.85. The summed E-state index contributed by atoms with van der Waals surface area (Å²) in [5, 5.41) is 18.8. The molecule has 0 bridgehead atoms. The van der Waals surface area contributed by atoms with E-state index in [2.05, 4.69) is 16.0 Å². The molecule has 0 aliphatic heterocycles. The maximum atomic E-state index is 9.20. The summed E-state index contributed by atoms with van der Waals surface area (Å²) in [5.74, 6) is 0. The van der Waals surface area contributed by atoms with Gasteiger partial charge < -0.3 is 10.1 Å². The molecule has 0 spiro atoms. The van der Waals surface area contributed by atoms with Crippen molar-refractivity contribution in [3.05, 3.63) is 29.1 Å². The van der Waals surface area contributed by atoms with Crippen LogP contribution in [0.1, 0.15) is 16.7 Å². The van der Waals surface area contributed by atoms with E-state index in [1.165, 1.54) is 0 Å². The second-order valence-electron chi connectivity index (χ2n) is 3.12. The van der Waals surface area contributed by atoms with Crippen LogP contribution in [-0.2, 0) is 6.61 Å². The van der Waals surface area contributed by atoms with Gasteiger partial charge in [0.05, 0.1) is 12.2 Å². The zero-order valence-corrected chi connectivity index (χ0v) is 7.70. The topological polar surface area (TPSA) is 72.7 Å². The van der Waals surface area contributed by atoms with Crippen LogP contribution in [0.3, 0.4) is 0 Å². The number of pyridine rings is 1. The number of aliphatic hydroxyl groups is 1. The zero-order chi connectivity index (χ0) is 10.1. The number of nitrogens with zero attached hydrogens (tertiary/aromatic N) is 2. The van der Waals surface area contributed by atoms with Crippen molar-refractivity contribution >= 4 is 11.0 Å². The summed E-state index contributed by atoms with van der Waals surface area (Å²) in [7, 11) is 0. The number of H-pyrrole nitrogens is 1. The van der Waals surface area contributed by atoms with E-state index in [1.807, 2.05) is 6.92 Å². The molecule has 2 heterocycles. The largest absolute Gasteiger partial charge is 0.392 e. The predicted octanol–water partition coefficient (Wildman–Crippen LogP) is 1.24.